The second-order valence-electron chi connectivity index (χ2n) is 3.32. The van der Waals surface area contributed by atoms with Crippen LogP contribution in [-0.4, -0.2) is 0 Å². The second kappa shape index (κ2) is 3.89. The molecular formula is C12H8F3N. The average Bonchev–Trinajstić information content (AvgIpc) is 2.32. The highest BCUT2D eigenvalue weighted by atomic mass is 19.2. The number of nitrogen functional groups attached to an aromatic ring is 1. The molecule has 0 saturated carbocycles. The largest absolute Gasteiger partial charge is 0.396 e. The molecule has 0 spiro atoms. The Morgan fingerprint density at radius 3 is 2.06 bits per heavy atom. The molecule has 0 aliphatic carbocycles. The van der Waals surface area contributed by atoms with Gasteiger partial charge in [-0.05, 0) is 11.6 Å². The van der Waals surface area contributed by atoms with Crippen molar-refractivity contribution in [2.75, 3.05) is 5.73 Å². The first kappa shape index (κ1) is 10.5. The summed E-state index contributed by atoms with van der Waals surface area (Å²) in [5.41, 5.74) is 5.25. The fraction of sp³-hybridized carbons (Fsp3) is 0. The molecule has 1 nitrogen and oxygen atoms in total. The molecule has 2 rings (SSSR count). The van der Waals surface area contributed by atoms with Crippen molar-refractivity contribution in [2.24, 2.45) is 0 Å². The third-order valence-corrected chi connectivity index (χ3v) is 2.26. The molecule has 0 radical (unpaired) electrons. The molecule has 0 fully saturated rings. The summed E-state index contributed by atoms with van der Waals surface area (Å²) in [7, 11) is 0. The van der Waals surface area contributed by atoms with E-state index in [1.807, 2.05) is 0 Å². The van der Waals surface area contributed by atoms with Gasteiger partial charge in [-0.25, -0.2) is 13.2 Å². The predicted molar refractivity (Wildman–Crippen MR) is 56.2 cm³/mol. The zero-order chi connectivity index (χ0) is 11.7. The normalized spacial score (nSPS) is 10.4. The Labute approximate surface area is 90.3 Å². The van der Waals surface area contributed by atoms with E-state index in [0.29, 0.717) is 5.56 Å². The summed E-state index contributed by atoms with van der Waals surface area (Å²) in [6.45, 7) is 0. The first-order chi connectivity index (χ1) is 7.61. The molecule has 0 aromatic heterocycles. The lowest BCUT2D eigenvalue weighted by Crippen LogP contribution is -2.00. The zero-order valence-electron chi connectivity index (χ0n) is 8.18. The van der Waals surface area contributed by atoms with Crippen LogP contribution in [0.15, 0.2) is 36.4 Å². The maximum atomic E-state index is 13.5. The van der Waals surface area contributed by atoms with Crippen LogP contribution in [0, 0.1) is 17.5 Å². The van der Waals surface area contributed by atoms with E-state index in [0.717, 1.165) is 6.07 Å². The van der Waals surface area contributed by atoms with Gasteiger partial charge in [0.25, 0.3) is 0 Å². The van der Waals surface area contributed by atoms with Crippen LogP contribution in [-0.2, 0) is 0 Å². The molecule has 0 atom stereocenters. The van der Waals surface area contributed by atoms with Crippen molar-refractivity contribution in [1.82, 2.24) is 0 Å². The van der Waals surface area contributed by atoms with E-state index in [1.165, 1.54) is 0 Å². The average molecular weight is 223 g/mol. The predicted octanol–water partition coefficient (Wildman–Crippen LogP) is 3.35. The van der Waals surface area contributed by atoms with E-state index >= 15 is 0 Å². The summed E-state index contributed by atoms with van der Waals surface area (Å²) >= 11 is 0. The molecule has 0 aliphatic heterocycles. The van der Waals surface area contributed by atoms with Crippen LogP contribution in [0.3, 0.4) is 0 Å². The van der Waals surface area contributed by atoms with E-state index in [4.69, 9.17) is 5.73 Å². The molecule has 0 unspecified atom stereocenters. The maximum Gasteiger partial charge on any atom is 0.197 e. The molecule has 4 heteroatoms. The number of rotatable bonds is 1. The van der Waals surface area contributed by atoms with Crippen LogP contribution in [0.1, 0.15) is 0 Å². The first-order valence-electron chi connectivity index (χ1n) is 4.59. The molecule has 0 bridgehead atoms. The van der Waals surface area contributed by atoms with Gasteiger partial charge in [0.1, 0.15) is 0 Å². The van der Waals surface area contributed by atoms with E-state index in [-0.39, 0.29) is 5.56 Å². The van der Waals surface area contributed by atoms with Gasteiger partial charge >= 0.3 is 0 Å². The first-order valence-corrected chi connectivity index (χ1v) is 4.59. The van der Waals surface area contributed by atoms with Crippen LogP contribution in [0.2, 0.25) is 0 Å². The highest BCUT2D eigenvalue weighted by Crippen LogP contribution is 2.29. The van der Waals surface area contributed by atoms with Gasteiger partial charge in [0.15, 0.2) is 17.5 Å². The minimum absolute atomic E-state index is 0.0444. The van der Waals surface area contributed by atoms with E-state index in [2.05, 4.69) is 0 Å². The smallest absolute Gasteiger partial charge is 0.197 e. The maximum absolute atomic E-state index is 13.5. The molecule has 2 aromatic rings. The van der Waals surface area contributed by atoms with Crippen LogP contribution in [0.4, 0.5) is 18.9 Å². The molecule has 0 aliphatic rings. The van der Waals surface area contributed by atoms with Crippen molar-refractivity contribution in [3.8, 4) is 11.1 Å². The SMILES string of the molecule is Nc1cc(-c2ccccc2)c(F)c(F)c1F. The summed E-state index contributed by atoms with van der Waals surface area (Å²) < 4.78 is 39.5. The highest BCUT2D eigenvalue weighted by molar-refractivity contribution is 5.68. The molecule has 82 valence electrons. The summed E-state index contributed by atoms with van der Waals surface area (Å²) in [5, 5.41) is 0. The monoisotopic (exact) mass is 223 g/mol. The molecular weight excluding hydrogens is 215 g/mol. The second-order valence-corrected chi connectivity index (χ2v) is 3.32. The lowest BCUT2D eigenvalue weighted by Gasteiger charge is -2.07. The van der Waals surface area contributed by atoms with Crippen molar-refractivity contribution >= 4 is 5.69 Å². The zero-order valence-corrected chi connectivity index (χ0v) is 8.18. The molecule has 0 saturated heterocycles. The van der Waals surface area contributed by atoms with Gasteiger partial charge in [-0.15, -0.1) is 0 Å². The third kappa shape index (κ3) is 1.62. The van der Waals surface area contributed by atoms with Crippen molar-refractivity contribution < 1.29 is 13.2 Å². The number of anilines is 1. The Kier molecular flexibility index (Phi) is 2.56. The minimum atomic E-state index is -1.54. The van der Waals surface area contributed by atoms with Crippen molar-refractivity contribution in [1.29, 1.82) is 0 Å². The Balaban J connectivity index is 2.68. The number of nitrogens with two attached hydrogens (primary N) is 1. The fourth-order valence-corrected chi connectivity index (χ4v) is 1.45. The van der Waals surface area contributed by atoms with Gasteiger partial charge < -0.3 is 5.73 Å². The van der Waals surface area contributed by atoms with Crippen LogP contribution >= 0.6 is 0 Å². The number of halogens is 3. The van der Waals surface area contributed by atoms with Gasteiger partial charge in [-0.1, -0.05) is 30.3 Å². The van der Waals surface area contributed by atoms with E-state index in [1.54, 1.807) is 30.3 Å². The third-order valence-electron chi connectivity index (χ3n) is 2.26. The summed E-state index contributed by atoms with van der Waals surface area (Å²) in [6, 6.07) is 9.36. The topological polar surface area (TPSA) is 26.0 Å². The van der Waals surface area contributed by atoms with E-state index < -0.39 is 23.1 Å². The minimum Gasteiger partial charge on any atom is -0.396 e. The van der Waals surface area contributed by atoms with Crippen LogP contribution < -0.4 is 5.73 Å². The van der Waals surface area contributed by atoms with Crippen LogP contribution in [0.5, 0.6) is 0 Å². The van der Waals surface area contributed by atoms with Crippen molar-refractivity contribution in [3.05, 3.63) is 53.8 Å². The summed E-state index contributed by atoms with van der Waals surface area (Å²) in [4.78, 5) is 0. The molecule has 0 heterocycles. The highest BCUT2D eigenvalue weighted by Gasteiger charge is 2.17. The summed E-state index contributed by atoms with van der Waals surface area (Å²) in [5.74, 6) is -4.12. The quantitative estimate of drug-likeness (QED) is 0.582. The fourth-order valence-electron chi connectivity index (χ4n) is 1.45. The van der Waals surface area contributed by atoms with Crippen molar-refractivity contribution in [3.63, 3.8) is 0 Å². The lowest BCUT2D eigenvalue weighted by atomic mass is 10.0. The Morgan fingerprint density at radius 2 is 1.44 bits per heavy atom. The van der Waals surface area contributed by atoms with Gasteiger partial charge in [0, 0.05) is 5.56 Å². The lowest BCUT2D eigenvalue weighted by molar-refractivity contribution is 0.451. The van der Waals surface area contributed by atoms with Gasteiger partial charge in [-0.2, -0.15) is 0 Å². The summed E-state index contributed by atoms with van der Waals surface area (Å²) in [6.07, 6.45) is 0. The van der Waals surface area contributed by atoms with Gasteiger partial charge in [0.2, 0.25) is 0 Å². The standard InChI is InChI=1S/C12H8F3N/c13-10-8(7-4-2-1-3-5-7)6-9(16)11(14)12(10)15/h1-6H,16H2. The number of benzene rings is 2. The van der Waals surface area contributed by atoms with E-state index in [9.17, 15) is 13.2 Å². The Morgan fingerprint density at radius 1 is 0.812 bits per heavy atom. The molecule has 2 N–H and O–H groups in total. The molecule has 2 aromatic carbocycles. The number of hydrogen-bond donors (Lipinski definition) is 1. The molecule has 0 amide bonds. The van der Waals surface area contributed by atoms with Crippen LogP contribution in [0.25, 0.3) is 11.1 Å². The number of hydrogen-bond acceptors (Lipinski definition) is 1. The Hall–Kier alpha value is -1.97. The van der Waals surface area contributed by atoms with Gasteiger partial charge in [-0.3, -0.25) is 0 Å². The van der Waals surface area contributed by atoms with Gasteiger partial charge in [0.05, 0.1) is 5.69 Å². The molecule has 16 heavy (non-hydrogen) atoms. The Bertz CT molecular complexity index is 524. The van der Waals surface area contributed by atoms with Crippen molar-refractivity contribution in [2.45, 2.75) is 0 Å².